The second-order valence-corrected chi connectivity index (χ2v) is 8.11. The van der Waals surface area contributed by atoms with Crippen LogP contribution in [0.25, 0.3) is 11.0 Å². The Bertz CT molecular complexity index is 1140. The number of aryl methyl sites for hydroxylation is 2. The van der Waals surface area contributed by atoms with E-state index in [1.165, 1.54) is 11.3 Å². The maximum atomic E-state index is 12.4. The van der Waals surface area contributed by atoms with Crippen LogP contribution in [-0.2, 0) is 24.2 Å². The zero-order valence-electron chi connectivity index (χ0n) is 15.9. The summed E-state index contributed by atoms with van der Waals surface area (Å²) in [5.41, 5.74) is 3.16. The summed E-state index contributed by atoms with van der Waals surface area (Å²) in [6, 6.07) is 15.7. The van der Waals surface area contributed by atoms with Gasteiger partial charge in [0.15, 0.2) is 0 Å². The number of nitrogens with zero attached hydrogens (tertiary/aromatic N) is 4. The van der Waals surface area contributed by atoms with Crippen molar-refractivity contribution in [1.29, 1.82) is 0 Å². The molecule has 0 atom stereocenters. The molecule has 6 nitrogen and oxygen atoms in total. The fourth-order valence-electron chi connectivity index (χ4n) is 3.23. The Labute approximate surface area is 177 Å². The van der Waals surface area contributed by atoms with Crippen molar-refractivity contribution >= 4 is 45.0 Å². The topological polar surface area (TPSA) is 72.7 Å². The zero-order valence-corrected chi connectivity index (χ0v) is 17.5. The van der Waals surface area contributed by atoms with E-state index in [1.807, 2.05) is 42.5 Å². The van der Waals surface area contributed by atoms with Gasteiger partial charge in [-0.05, 0) is 36.8 Å². The minimum absolute atomic E-state index is 0.0890. The van der Waals surface area contributed by atoms with Gasteiger partial charge < -0.3 is 9.88 Å². The van der Waals surface area contributed by atoms with Gasteiger partial charge in [-0.25, -0.2) is 4.98 Å². The van der Waals surface area contributed by atoms with Crippen molar-refractivity contribution in [2.45, 2.75) is 32.7 Å². The average Bonchev–Trinajstić information content (AvgIpc) is 3.31. The molecule has 8 heteroatoms. The highest BCUT2D eigenvalue weighted by Crippen LogP contribution is 2.21. The molecule has 148 valence electrons. The van der Waals surface area contributed by atoms with Crippen molar-refractivity contribution in [2.24, 2.45) is 0 Å². The number of aromatic nitrogens is 4. The molecule has 0 spiro atoms. The SMILES string of the molecule is CCn1c(CCC(=O)Nc2nnc(Cc3ccc(Cl)cc3)s2)nc2ccccc21. The molecule has 2 heterocycles. The number of carbonyl (C=O) groups excluding carboxylic acids is 1. The number of nitrogens with one attached hydrogen (secondary N) is 1. The summed E-state index contributed by atoms with van der Waals surface area (Å²) >= 11 is 7.30. The molecule has 0 bridgehead atoms. The van der Waals surface area contributed by atoms with Crippen LogP contribution in [0.1, 0.15) is 29.7 Å². The summed E-state index contributed by atoms with van der Waals surface area (Å²) in [6.45, 7) is 2.91. The van der Waals surface area contributed by atoms with E-state index in [1.54, 1.807) is 0 Å². The number of fused-ring (bicyclic) bond motifs is 1. The van der Waals surface area contributed by atoms with E-state index in [0.29, 0.717) is 29.4 Å². The van der Waals surface area contributed by atoms with Gasteiger partial charge in [-0.1, -0.05) is 47.2 Å². The lowest BCUT2D eigenvalue weighted by atomic mass is 10.2. The molecule has 0 unspecified atom stereocenters. The van der Waals surface area contributed by atoms with Gasteiger partial charge in [0.2, 0.25) is 11.0 Å². The molecule has 0 saturated heterocycles. The van der Waals surface area contributed by atoms with Crippen LogP contribution < -0.4 is 5.32 Å². The molecule has 4 rings (SSSR count). The Morgan fingerprint density at radius 1 is 1.14 bits per heavy atom. The molecule has 0 saturated carbocycles. The van der Waals surface area contributed by atoms with Crippen LogP contribution in [0.4, 0.5) is 5.13 Å². The number of hydrogen-bond donors (Lipinski definition) is 1. The van der Waals surface area contributed by atoms with Crippen molar-refractivity contribution < 1.29 is 4.79 Å². The Hall–Kier alpha value is -2.77. The predicted molar refractivity (Wildman–Crippen MR) is 117 cm³/mol. The van der Waals surface area contributed by atoms with Gasteiger partial charge in [0.05, 0.1) is 11.0 Å². The van der Waals surface area contributed by atoms with Gasteiger partial charge in [0.25, 0.3) is 0 Å². The monoisotopic (exact) mass is 425 g/mol. The number of anilines is 1. The summed E-state index contributed by atoms with van der Waals surface area (Å²) in [7, 11) is 0. The van der Waals surface area contributed by atoms with E-state index in [9.17, 15) is 4.79 Å². The largest absolute Gasteiger partial charge is 0.328 e. The maximum absolute atomic E-state index is 12.4. The summed E-state index contributed by atoms with van der Waals surface area (Å²) in [5.74, 6) is 0.832. The molecule has 2 aromatic carbocycles. The average molecular weight is 426 g/mol. The molecule has 4 aromatic rings. The van der Waals surface area contributed by atoms with Crippen molar-refractivity contribution in [3.8, 4) is 0 Å². The quantitative estimate of drug-likeness (QED) is 0.464. The van der Waals surface area contributed by atoms with Crippen LogP contribution in [0.2, 0.25) is 5.02 Å². The number of benzene rings is 2. The normalized spacial score (nSPS) is 11.1. The lowest BCUT2D eigenvalue weighted by Crippen LogP contribution is -2.13. The standard InChI is InChI=1S/C21H20ClN5OS/c1-2-27-17-6-4-3-5-16(17)23-18(27)11-12-19(28)24-21-26-25-20(29-21)13-14-7-9-15(22)10-8-14/h3-10H,2,11-13H2,1H3,(H,24,26,28). The van der Waals surface area contributed by atoms with Crippen LogP contribution in [0.3, 0.4) is 0 Å². The summed E-state index contributed by atoms with van der Waals surface area (Å²) in [5, 5.41) is 13.2. The third kappa shape index (κ3) is 4.63. The summed E-state index contributed by atoms with van der Waals surface area (Å²) in [4.78, 5) is 17.0. The lowest BCUT2D eigenvalue weighted by molar-refractivity contribution is -0.116. The maximum Gasteiger partial charge on any atom is 0.226 e. The fourth-order valence-corrected chi connectivity index (χ4v) is 4.14. The first-order valence-electron chi connectivity index (χ1n) is 9.43. The Balaban J connectivity index is 1.36. The van der Waals surface area contributed by atoms with Crippen LogP contribution >= 0.6 is 22.9 Å². The highest BCUT2D eigenvalue weighted by molar-refractivity contribution is 7.15. The van der Waals surface area contributed by atoms with Crippen molar-refractivity contribution in [3.63, 3.8) is 0 Å². The highest BCUT2D eigenvalue weighted by atomic mass is 35.5. The fraction of sp³-hybridized carbons (Fsp3) is 0.238. The van der Waals surface area contributed by atoms with Crippen molar-refractivity contribution in [3.05, 3.63) is 69.9 Å². The van der Waals surface area contributed by atoms with Crippen molar-refractivity contribution in [1.82, 2.24) is 19.7 Å². The number of halogens is 1. The number of rotatable bonds is 7. The van der Waals surface area contributed by atoms with Gasteiger partial charge in [-0.2, -0.15) is 0 Å². The first-order valence-corrected chi connectivity index (χ1v) is 10.6. The van der Waals surface area contributed by atoms with Crippen LogP contribution in [0.15, 0.2) is 48.5 Å². The summed E-state index contributed by atoms with van der Waals surface area (Å²) in [6.07, 6.45) is 1.57. The smallest absolute Gasteiger partial charge is 0.226 e. The van der Waals surface area contributed by atoms with Gasteiger partial charge in [0.1, 0.15) is 10.8 Å². The third-order valence-electron chi connectivity index (χ3n) is 4.61. The molecular formula is C21H20ClN5OS. The Morgan fingerprint density at radius 3 is 2.72 bits per heavy atom. The molecule has 2 aromatic heterocycles. The van der Waals surface area contributed by atoms with Gasteiger partial charge in [0, 0.05) is 30.8 Å². The van der Waals surface area contributed by atoms with Gasteiger partial charge in [-0.3, -0.25) is 4.79 Å². The van der Waals surface area contributed by atoms with E-state index in [4.69, 9.17) is 11.6 Å². The van der Waals surface area contributed by atoms with E-state index in [0.717, 1.165) is 34.0 Å². The second-order valence-electron chi connectivity index (χ2n) is 6.61. The molecular weight excluding hydrogens is 406 g/mol. The van der Waals surface area contributed by atoms with Crippen LogP contribution in [-0.4, -0.2) is 25.7 Å². The first kappa shape index (κ1) is 19.5. The zero-order chi connectivity index (χ0) is 20.2. The molecule has 0 aliphatic carbocycles. The number of amides is 1. The summed E-state index contributed by atoms with van der Waals surface area (Å²) < 4.78 is 2.15. The molecule has 1 N–H and O–H groups in total. The molecule has 0 aliphatic rings. The first-order chi connectivity index (χ1) is 14.1. The van der Waals surface area contributed by atoms with E-state index in [-0.39, 0.29) is 5.91 Å². The highest BCUT2D eigenvalue weighted by Gasteiger charge is 2.13. The third-order valence-corrected chi connectivity index (χ3v) is 5.70. The number of hydrogen-bond acceptors (Lipinski definition) is 5. The van der Waals surface area contributed by atoms with Crippen LogP contribution in [0, 0.1) is 0 Å². The predicted octanol–water partition coefficient (Wildman–Crippen LogP) is 4.72. The van der Waals surface area contributed by atoms with E-state index in [2.05, 4.69) is 38.1 Å². The number of para-hydroxylation sites is 2. The van der Waals surface area contributed by atoms with E-state index >= 15 is 0 Å². The van der Waals surface area contributed by atoms with Gasteiger partial charge in [-0.15, -0.1) is 10.2 Å². The van der Waals surface area contributed by atoms with Gasteiger partial charge >= 0.3 is 0 Å². The molecule has 29 heavy (non-hydrogen) atoms. The minimum Gasteiger partial charge on any atom is -0.328 e. The number of carbonyl (C=O) groups is 1. The number of imidazole rings is 1. The second kappa shape index (κ2) is 8.71. The Kier molecular flexibility index (Phi) is 5.87. The Morgan fingerprint density at radius 2 is 1.93 bits per heavy atom. The lowest BCUT2D eigenvalue weighted by Gasteiger charge is -2.05. The molecule has 0 radical (unpaired) electrons. The molecule has 1 amide bonds. The van der Waals surface area contributed by atoms with Crippen molar-refractivity contribution in [2.75, 3.05) is 5.32 Å². The van der Waals surface area contributed by atoms with Crippen LogP contribution in [0.5, 0.6) is 0 Å². The van der Waals surface area contributed by atoms with E-state index < -0.39 is 0 Å². The minimum atomic E-state index is -0.0890. The molecule has 0 fully saturated rings. The molecule has 0 aliphatic heterocycles.